The van der Waals surface area contributed by atoms with Crippen LogP contribution in [0.1, 0.15) is 33.6 Å². The van der Waals surface area contributed by atoms with Gasteiger partial charge in [-0.2, -0.15) is 0 Å². The van der Waals surface area contributed by atoms with Crippen LogP contribution < -0.4 is 4.90 Å². The van der Waals surface area contributed by atoms with E-state index in [1.54, 1.807) is 18.5 Å². The molecule has 0 aliphatic carbocycles. The molecule has 1 aliphatic rings. The highest BCUT2D eigenvalue weighted by molar-refractivity contribution is 5.73. The zero-order valence-corrected chi connectivity index (χ0v) is 14.2. The van der Waals surface area contributed by atoms with E-state index in [0.29, 0.717) is 17.5 Å². The summed E-state index contributed by atoms with van der Waals surface area (Å²) in [6.45, 7) is 7.12. The maximum atomic E-state index is 12.2. The molecular formula is C17H22N4O3. The predicted octanol–water partition coefficient (Wildman–Crippen LogP) is 2.69. The molecule has 7 heteroatoms. The first-order valence-corrected chi connectivity index (χ1v) is 8.13. The summed E-state index contributed by atoms with van der Waals surface area (Å²) in [7, 11) is 0. The third kappa shape index (κ3) is 3.90. The Morgan fingerprint density at radius 1 is 1.25 bits per heavy atom. The summed E-state index contributed by atoms with van der Waals surface area (Å²) < 4.78 is 10.8. The van der Waals surface area contributed by atoms with Crippen molar-refractivity contribution in [2.24, 2.45) is 5.92 Å². The molecular weight excluding hydrogens is 308 g/mol. The minimum Gasteiger partial charge on any atom is -0.460 e. The molecule has 3 rings (SSSR count). The molecule has 24 heavy (non-hydrogen) atoms. The number of esters is 1. The normalized spacial score (nSPS) is 16.2. The van der Waals surface area contributed by atoms with Gasteiger partial charge in [-0.15, -0.1) is 0 Å². The maximum Gasteiger partial charge on any atom is 0.309 e. The standard InChI is InChI=1S/C17H22N4O3/c1-17(2,3)24-15(22)12-5-9-21(10-6-12)16-19-7-4-13(20-16)14-18-8-11-23-14/h4,7-8,11-12H,5-6,9-10H2,1-3H3. The number of hydrogen-bond acceptors (Lipinski definition) is 7. The van der Waals surface area contributed by atoms with Crippen molar-refractivity contribution in [2.45, 2.75) is 39.2 Å². The molecule has 0 radical (unpaired) electrons. The SMILES string of the molecule is CC(C)(C)OC(=O)C1CCN(c2nccc(-c3ncco3)n2)CC1. The molecule has 7 nitrogen and oxygen atoms in total. The van der Waals surface area contributed by atoms with Gasteiger partial charge in [-0.25, -0.2) is 15.0 Å². The van der Waals surface area contributed by atoms with Crippen LogP contribution in [0, 0.1) is 5.92 Å². The number of nitrogens with zero attached hydrogens (tertiary/aromatic N) is 4. The van der Waals surface area contributed by atoms with Gasteiger partial charge in [-0.3, -0.25) is 4.79 Å². The number of hydrogen-bond donors (Lipinski definition) is 0. The molecule has 128 valence electrons. The first-order valence-electron chi connectivity index (χ1n) is 8.13. The molecule has 1 aliphatic heterocycles. The number of carbonyl (C=O) groups excluding carboxylic acids is 1. The lowest BCUT2D eigenvalue weighted by Gasteiger charge is -2.32. The number of ether oxygens (including phenoxy) is 1. The first kappa shape index (κ1) is 16.4. The average Bonchev–Trinajstić information content (AvgIpc) is 3.08. The third-order valence-electron chi connectivity index (χ3n) is 3.81. The van der Waals surface area contributed by atoms with Crippen LogP contribution in [0.25, 0.3) is 11.6 Å². The zero-order valence-electron chi connectivity index (χ0n) is 14.2. The molecule has 3 heterocycles. The summed E-state index contributed by atoms with van der Waals surface area (Å²) in [5.74, 6) is 0.933. The van der Waals surface area contributed by atoms with Crippen molar-refractivity contribution in [3.63, 3.8) is 0 Å². The molecule has 0 saturated carbocycles. The molecule has 0 atom stereocenters. The van der Waals surface area contributed by atoms with Gasteiger partial charge in [0.2, 0.25) is 11.8 Å². The van der Waals surface area contributed by atoms with Crippen LogP contribution in [0.5, 0.6) is 0 Å². The molecule has 2 aromatic heterocycles. The van der Waals surface area contributed by atoms with Gasteiger partial charge < -0.3 is 14.1 Å². The van der Waals surface area contributed by atoms with Gasteiger partial charge in [0, 0.05) is 19.3 Å². The molecule has 0 N–H and O–H groups in total. The van der Waals surface area contributed by atoms with Crippen LogP contribution in [0.4, 0.5) is 5.95 Å². The van der Waals surface area contributed by atoms with E-state index in [0.717, 1.165) is 25.9 Å². The summed E-state index contributed by atoms with van der Waals surface area (Å²) >= 11 is 0. The van der Waals surface area contributed by atoms with Crippen molar-refractivity contribution in [3.05, 3.63) is 24.7 Å². The first-order chi connectivity index (χ1) is 11.4. The Balaban J connectivity index is 1.63. The second kappa shape index (κ2) is 6.59. The van der Waals surface area contributed by atoms with Crippen LogP contribution in [0.2, 0.25) is 0 Å². The van der Waals surface area contributed by atoms with Crippen LogP contribution in [0.15, 0.2) is 29.1 Å². The summed E-state index contributed by atoms with van der Waals surface area (Å²) in [4.78, 5) is 27.2. The molecule has 1 saturated heterocycles. The summed E-state index contributed by atoms with van der Waals surface area (Å²) in [5.41, 5.74) is 0.209. The third-order valence-corrected chi connectivity index (χ3v) is 3.81. The number of piperidine rings is 1. The fourth-order valence-electron chi connectivity index (χ4n) is 2.67. The average molecular weight is 330 g/mol. The second-order valence-corrected chi connectivity index (χ2v) is 6.87. The van der Waals surface area contributed by atoms with E-state index in [1.807, 2.05) is 20.8 Å². The van der Waals surface area contributed by atoms with Crippen molar-refractivity contribution in [1.82, 2.24) is 15.0 Å². The van der Waals surface area contributed by atoms with E-state index >= 15 is 0 Å². The summed E-state index contributed by atoms with van der Waals surface area (Å²) in [6, 6.07) is 1.77. The van der Waals surface area contributed by atoms with Crippen molar-refractivity contribution in [1.29, 1.82) is 0 Å². The topological polar surface area (TPSA) is 81.4 Å². The predicted molar refractivity (Wildman–Crippen MR) is 88.3 cm³/mol. The van der Waals surface area contributed by atoms with Gasteiger partial charge in [0.05, 0.1) is 12.1 Å². The lowest BCUT2D eigenvalue weighted by Crippen LogP contribution is -2.39. The lowest BCUT2D eigenvalue weighted by molar-refractivity contribution is -0.160. The summed E-state index contributed by atoms with van der Waals surface area (Å²) in [5, 5.41) is 0. The van der Waals surface area contributed by atoms with Gasteiger partial charge >= 0.3 is 5.97 Å². The number of carbonyl (C=O) groups is 1. The van der Waals surface area contributed by atoms with E-state index in [9.17, 15) is 4.79 Å². The highest BCUT2D eigenvalue weighted by Gasteiger charge is 2.30. The molecule has 0 spiro atoms. The largest absolute Gasteiger partial charge is 0.460 e. The Morgan fingerprint density at radius 3 is 2.62 bits per heavy atom. The molecule has 2 aromatic rings. The Hall–Kier alpha value is -2.44. The molecule has 0 unspecified atom stereocenters. The number of rotatable bonds is 3. The Labute approximate surface area is 141 Å². The van der Waals surface area contributed by atoms with E-state index in [2.05, 4.69) is 19.9 Å². The van der Waals surface area contributed by atoms with Crippen LogP contribution in [-0.4, -0.2) is 39.6 Å². The van der Waals surface area contributed by atoms with Crippen LogP contribution in [0.3, 0.4) is 0 Å². The molecule has 0 aromatic carbocycles. The number of oxazole rings is 1. The fraction of sp³-hybridized carbons (Fsp3) is 0.529. The maximum absolute atomic E-state index is 12.2. The Kier molecular flexibility index (Phi) is 4.51. The van der Waals surface area contributed by atoms with Crippen molar-refractivity contribution < 1.29 is 13.9 Å². The van der Waals surface area contributed by atoms with Gasteiger partial charge in [0.1, 0.15) is 17.6 Å². The summed E-state index contributed by atoms with van der Waals surface area (Å²) in [6.07, 6.45) is 6.28. The monoisotopic (exact) mass is 330 g/mol. The van der Waals surface area contributed by atoms with E-state index in [1.165, 1.54) is 6.26 Å². The van der Waals surface area contributed by atoms with Gasteiger partial charge in [-0.1, -0.05) is 0 Å². The molecule has 1 fully saturated rings. The van der Waals surface area contributed by atoms with Crippen molar-refractivity contribution in [2.75, 3.05) is 18.0 Å². The van der Waals surface area contributed by atoms with E-state index in [4.69, 9.17) is 9.15 Å². The lowest BCUT2D eigenvalue weighted by atomic mass is 9.97. The minimum absolute atomic E-state index is 0.0598. The highest BCUT2D eigenvalue weighted by Crippen LogP contribution is 2.24. The fourth-order valence-corrected chi connectivity index (χ4v) is 2.67. The van der Waals surface area contributed by atoms with Crippen LogP contribution in [-0.2, 0) is 9.53 Å². The smallest absolute Gasteiger partial charge is 0.309 e. The Morgan fingerprint density at radius 2 is 2.00 bits per heavy atom. The Bertz CT molecular complexity index is 686. The number of aromatic nitrogens is 3. The second-order valence-electron chi connectivity index (χ2n) is 6.87. The van der Waals surface area contributed by atoms with E-state index in [-0.39, 0.29) is 11.9 Å². The quantitative estimate of drug-likeness (QED) is 0.800. The van der Waals surface area contributed by atoms with Gasteiger partial charge in [-0.05, 0) is 39.7 Å². The highest BCUT2D eigenvalue weighted by atomic mass is 16.6. The number of anilines is 1. The van der Waals surface area contributed by atoms with Crippen molar-refractivity contribution in [3.8, 4) is 11.6 Å². The molecule has 0 bridgehead atoms. The van der Waals surface area contributed by atoms with E-state index < -0.39 is 5.60 Å². The van der Waals surface area contributed by atoms with Gasteiger partial charge in [0.25, 0.3) is 0 Å². The molecule has 0 amide bonds. The van der Waals surface area contributed by atoms with Crippen molar-refractivity contribution >= 4 is 11.9 Å². The minimum atomic E-state index is -0.443. The van der Waals surface area contributed by atoms with Gasteiger partial charge in [0.15, 0.2) is 0 Å². The zero-order chi connectivity index (χ0) is 17.2. The van der Waals surface area contributed by atoms with Crippen LogP contribution >= 0.6 is 0 Å².